The molecule has 0 spiro atoms. The molecule has 6 heteroatoms. The molecule has 1 aliphatic heterocycles. The van der Waals surface area contributed by atoms with Crippen LogP contribution in [0.5, 0.6) is 11.5 Å². The zero-order valence-electron chi connectivity index (χ0n) is 8.07. The fraction of sp³-hybridized carbons (Fsp3) is 0.100. The SMILES string of the molecule is Nc1oncc1-c1cc2c(cc1Br)OCO2. The average molecular weight is 283 g/mol. The Labute approximate surface area is 99.2 Å². The van der Waals surface area contributed by atoms with Crippen LogP contribution in [0.4, 0.5) is 5.88 Å². The maximum absolute atomic E-state index is 5.66. The van der Waals surface area contributed by atoms with Gasteiger partial charge in [-0.05, 0) is 12.1 Å². The summed E-state index contributed by atoms with van der Waals surface area (Å²) in [5.74, 6) is 1.68. The van der Waals surface area contributed by atoms with E-state index in [1.807, 2.05) is 12.1 Å². The third-order valence-corrected chi connectivity index (χ3v) is 3.01. The van der Waals surface area contributed by atoms with E-state index in [9.17, 15) is 0 Å². The second-order valence-electron chi connectivity index (χ2n) is 3.29. The van der Waals surface area contributed by atoms with Crippen LogP contribution >= 0.6 is 15.9 Å². The fourth-order valence-corrected chi connectivity index (χ4v) is 2.11. The first-order valence-electron chi connectivity index (χ1n) is 4.55. The molecule has 16 heavy (non-hydrogen) atoms. The summed E-state index contributed by atoms with van der Waals surface area (Å²) in [6.45, 7) is 0.240. The predicted molar refractivity (Wildman–Crippen MR) is 60.2 cm³/mol. The van der Waals surface area contributed by atoms with Crippen molar-refractivity contribution in [1.82, 2.24) is 5.16 Å². The van der Waals surface area contributed by atoms with Gasteiger partial charge in [0.2, 0.25) is 12.7 Å². The molecule has 1 aromatic heterocycles. The minimum atomic E-state index is 0.240. The summed E-state index contributed by atoms with van der Waals surface area (Å²) in [5, 5.41) is 3.64. The first-order chi connectivity index (χ1) is 7.75. The minimum absolute atomic E-state index is 0.240. The molecule has 0 radical (unpaired) electrons. The molecule has 2 N–H and O–H groups in total. The number of ether oxygens (including phenoxy) is 2. The molecule has 82 valence electrons. The summed E-state index contributed by atoms with van der Waals surface area (Å²) in [6, 6.07) is 3.68. The van der Waals surface area contributed by atoms with Crippen molar-refractivity contribution < 1.29 is 14.0 Å². The van der Waals surface area contributed by atoms with Crippen molar-refractivity contribution in [3.8, 4) is 22.6 Å². The van der Waals surface area contributed by atoms with Gasteiger partial charge in [0.15, 0.2) is 11.5 Å². The Kier molecular flexibility index (Phi) is 2.03. The van der Waals surface area contributed by atoms with E-state index in [0.717, 1.165) is 15.6 Å². The standard InChI is InChI=1S/C10H7BrN2O3/c11-7-2-9-8(14-4-15-9)1-5(7)6-3-13-16-10(6)12/h1-3H,4,12H2. The lowest BCUT2D eigenvalue weighted by atomic mass is 10.1. The van der Waals surface area contributed by atoms with Crippen LogP contribution in [-0.4, -0.2) is 11.9 Å². The monoisotopic (exact) mass is 282 g/mol. The second kappa shape index (κ2) is 3.41. The minimum Gasteiger partial charge on any atom is -0.454 e. The highest BCUT2D eigenvalue weighted by molar-refractivity contribution is 9.10. The van der Waals surface area contributed by atoms with E-state index in [0.29, 0.717) is 11.5 Å². The summed E-state index contributed by atoms with van der Waals surface area (Å²) in [5.41, 5.74) is 7.26. The van der Waals surface area contributed by atoms with Crippen LogP contribution in [0, 0.1) is 0 Å². The summed E-state index contributed by atoms with van der Waals surface area (Å²) < 4.78 is 16.2. The van der Waals surface area contributed by atoms with Crippen molar-refractivity contribution >= 4 is 21.8 Å². The molecule has 5 nitrogen and oxygen atoms in total. The Bertz CT molecular complexity index is 553. The Hall–Kier alpha value is -1.69. The van der Waals surface area contributed by atoms with E-state index >= 15 is 0 Å². The highest BCUT2D eigenvalue weighted by atomic mass is 79.9. The quantitative estimate of drug-likeness (QED) is 0.870. The summed E-state index contributed by atoms with van der Waals surface area (Å²) in [4.78, 5) is 0. The van der Waals surface area contributed by atoms with Gasteiger partial charge in [-0.15, -0.1) is 0 Å². The van der Waals surface area contributed by atoms with Gasteiger partial charge in [0.05, 0.1) is 11.8 Å². The Balaban J connectivity index is 2.18. The fourth-order valence-electron chi connectivity index (χ4n) is 1.57. The number of hydrogen-bond acceptors (Lipinski definition) is 5. The lowest BCUT2D eigenvalue weighted by molar-refractivity contribution is 0.174. The van der Waals surface area contributed by atoms with E-state index in [2.05, 4.69) is 21.1 Å². The number of nitrogens with zero attached hydrogens (tertiary/aromatic N) is 1. The lowest BCUT2D eigenvalue weighted by Gasteiger charge is -2.04. The third kappa shape index (κ3) is 1.34. The van der Waals surface area contributed by atoms with Crippen LogP contribution in [0.25, 0.3) is 11.1 Å². The Morgan fingerprint density at radius 1 is 1.19 bits per heavy atom. The molecule has 0 aliphatic carbocycles. The average Bonchev–Trinajstić information content (AvgIpc) is 2.85. The number of fused-ring (bicyclic) bond motifs is 1. The highest BCUT2D eigenvalue weighted by Crippen LogP contribution is 2.42. The van der Waals surface area contributed by atoms with Crippen molar-refractivity contribution in [2.75, 3.05) is 12.5 Å². The zero-order chi connectivity index (χ0) is 11.1. The Morgan fingerprint density at radius 2 is 1.94 bits per heavy atom. The Morgan fingerprint density at radius 3 is 2.62 bits per heavy atom. The molecule has 0 saturated heterocycles. The molecule has 2 heterocycles. The number of hydrogen-bond donors (Lipinski definition) is 1. The number of nitrogens with two attached hydrogens (primary N) is 1. The van der Waals surface area contributed by atoms with E-state index in [-0.39, 0.29) is 12.7 Å². The van der Waals surface area contributed by atoms with Crippen LogP contribution in [0.3, 0.4) is 0 Å². The smallest absolute Gasteiger partial charge is 0.231 e. The van der Waals surface area contributed by atoms with Crippen LogP contribution in [0.15, 0.2) is 27.3 Å². The van der Waals surface area contributed by atoms with Gasteiger partial charge in [-0.25, -0.2) is 0 Å². The van der Waals surface area contributed by atoms with E-state index in [1.165, 1.54) is 0 Å². The van der Waals surface area contributed by atoms with Crippen molar-refractivity contribution in [3.05, 3.63) is 22.8 Å². The molecule has 0 unspecified atom stereocenters. The van der Waals surface area contributed by atoms with Crippen LogP contribution in [0.2, 0.25) is 0 Å². The van der Waals surface area contributed by atoms with Gasteiger partial charge in [0, 0.05) is 10.0 Å². The molecule has 0 atom stereocenters. The number of anilines is 1. The number of benzene rings is 1. The maximum Gasteiger partial charge on any atom is 0.231 e. The van der Waals surface area contributed by atoms with Gasteiger partial charge in [-0.2, -0.15) is 0 Å². The van der Waals surface area contributed by atoms with Gasteiger partial charge < -0.3 is 19.7 Å². The number of halogens is 1. The van der Waals surface area contributed by atoms with Gasteiger partial charge in [0.25, 0.3) is 0 Å². The molecule has 0 amide bonds. The first kappa shape index (κ1) is 9.53. The number of nitrogen functional groups attached to an aromatic ring is 1. The van der Waals surface area contributed by atoms with Crippen molar-refractivity contribution in [1.29, 1.82) is 0 Å². The summed E-state index contributed by atoms with van der Waals surface area (Å²) in [7, 11) is 0. The predicted octanol–water partition coefficient (Wildman–Crippen LogP) is 2.42. The van der Waals surface area contributed by atoms with Gasteiger partial charge in [-0.3, -0.25) is 0 Å². The van der Waals surface area contributed by atoms with E-state index in [1.54, 1.807) is 6.20 Å². The molecule has 3 rings (SSSR count). The third-order valence-electron chi connectivity index (χ3n) is 2.35. The molecule has 2 aromatic rings. The molecule has 0 fully saturated rings. The van der Waals surface area contributed by atoms with E-state index in [4.69, 9.17) is 19.7 Å². The lowest BCUT2D eigenvalue weighted by Crippen LogP contribution is -1.92. The van der Waals surface area contributed by atoms with Gasteiger partial charge >= 0.3 is 0 Å². The second-order valence-corrected chi connectivity index (χ2v) is 4.14. The van der Waals surface area contributed by atoms with Crippen molar-refractivity contribution in [3.63, 3.8) is 0 Å². The van der Waals surface area contributed by atoms with Gasteiger partial charge in [-0.1, -0.05) is 21.1 Å². The molecule has 0 bridgehead atoms. The summed E-state index contributed by atoms with van der Waals surface area (Å²) in [6.07, 6.45) is 1.57. The number of aromatic nitrogens is 1. The van der Waals surface area contributed by atoms with Crippen LogP contribution in [-0.2, 0) is 0 Å². The van der Waals surface area contributed by atoms with Gasteiger partial charge in [0.1, 0.15) is 0 Å². The normalized spacial score (nSPS) is 13.1. The van der Waals surface area contributed by atoms with Crippen LogP contribution in [0.1, 0.15) is 0 Å². The molecule has 1 aromatic carbocycles. The topological polar surface area (TPSA) is 70.5 Å². The molecular formula is C10H7BrN2O3. The van der Waals surface area contributed by atoms with Crippen LogP contribution < -0.4 is 15.2 Å². The molecule has 0 saturated carbocycles. The molecule has 1 aliphatic rings. The largest absolute Gasteiger partial charge is 0.454 e. The zero-order valence-corrected chi connectivity index (χ0v) is 9.65. The van der Waals surface area contributed by atoms with Crippen molar-refractivity contribution in [2.45, 2.75) is 0 Å². The molecular weight excluding hydrogens is 276 g/mol. The maximum atomic E-state index is 5.66. The number of rotatable bonds is 1. The highest BCUT2D eigenvalue weighted by Gasteiger charge is 2.19. The first-order valence-corrected chi connectivity index (χ1v) is 5.34. The summed E-state index contributed by atoms with van der Waals surface area (Å²) >= 11 is 3.44. The van der Waals surface area contributed by atoms with E-state index < -0.39 is 0 Å². The van der Waals surface area contributed by atoms with Crippen molar-refractivity contribution in [2.24, 2.45) is 0 Å².